The Morgan fingerprint density at radius 2 is 1.71 bits per heavy atom. The second-order valence-corrected chi connectivity index (χ2v) is 9.81. The molecule has 4 nitrogen and oxygen atoms in total. The van der Waals surface area contributed by atoms with E-state index in [1.165, 1.54) is 0 Å². The first-order valence-corrected chi connectivity index (χ1v) is 9.61. The molecule has 0 N–H and O–H groups in total. The predicted molar refractivity (Wildman–Crippen MR) is 84.5 cm³/mol. The fourth-order valence-electron chi connectivity index (χ4n) is 4.73. The van der Waals surface area contributed by atoms with Gasteiger partial charge in [0.05, 0.1) is 5.75 Å². The van der Waals surface area contributed by atoms with Crippen molar-refractivity contribution in [3.63, 3.8) is 0 Å². The molecule has 0 aromatic heterocycles. The van der Waals surface area contributed by atoms with Crippen molar-refractivity contribution in [3.05, 3.63) is 0 Å². The van der Waals surface area contributed by atoms with Gasteiger partial charge in [0.1, 0.15) is 5.78 Å². The van der Waals surface area contributed by atoms with Gasteiger partial charge in [-0.2, -0.15) is 4.31 Å². The molecule has 2 fully saturated rings. The summed E-state index contributed by atoms with van der Waals surface area (Å²) in [6, 6.07) is -0.161. The van der Waals surface area contributed by atoms with E-state index in [2.05, 4.69) is 13.8 Å². The fourth-order valence-corrected chi connectivity index (χ4v) is 7.47. The van der Waals surface area contributed by atoms with Gasteiger partial charge in [-0.1, -0.05) is 13.8 Å². The van der Waals surface area contributed by atoms with E-state index in [9.17, 15) is 13.2 Å². The summed E-state index contributed by atoms with van der Waals surface area (Å²) in [6.45, 7) is 11.8. The van der Waals surface area contributed by atoms with Gasteiger partial charge in [0.25, 0.3) is 0 Å². The Morgan fingerprint density at radius 3 is 2.05 bits per heavy atom. The highest BCUT2D eigenvalue weighted by atomic mass is 32.2. The van der Waals surface area contributed by atoms with Gasteiger partial charge in [-0.05, 0) is 51.9 Å². The van der Waals surface area contributed by atoms with Crippen molar-refractivity contribution in [3.8, 4) is 0 Å². The number of hydrogen-bond donors (Lipinski definition) is 0. The van der Waals surface area contributed by atoms with Crippen molar-refractivity contribution in [2.75, 3.05) is 5.75 Å². The second kappa shape index (κ2) is 5.05. The van der Waals surface area contributed by atoms with Crippen molar-refractivity contribution in [2.45, 2.75) is 72.9 Å². The van der Waals surface area contributed by atoms with Crippen LogP contribution in [0.4, 0.5) is 0 Å². The molecule has 0 aromatic rings. The van der Waals surface area contributed by atoms with Crippen LogP contribution in [0.25, 0.3) is 0 Å². The Morgan fingerprint density at radius 1 is 1.19 bits per heavy atom. The largest absolute Gasteiger partial charge is 0.299 e. The van der Waals surface area contributed by atoms with E-state index in [-0.39, 0.29) is 29.0 Å². The third-order valence-corrected chi connectivity index (χ3v) is 8.25. The van der Waals surface area contributed by atoms with Crippen molar-refractivity contribution >= 4 is 15.8 Å². The quantitative estimate of drug-likeness (QED) is 0.784. The minimum Gasteiger partial charge on any atom is -0.299 e. The van der Waals surface area contributed by atoms with E-state index in [1.807, 2.05) is 27.7 Å². The smallest absolute Gasteiger partial charge is 0.215 e. The molecule has 1 unspecified atom stereocenters. The van der Waals surface area contributed by atoms with Crippen LogP contribution in [-0.4, -0.2) is 36.3 Å². The van der Waals surface area contributed by atoms with E-state index in [0.29, 0.717) is 12.3 Å². The van der Waals surface area contributed by atoms with Gasteiger partial charge in [-0.25, -0.2) is 8.42 Å². The first-order valence-electron chi connectivity index (χ1n) is 8.00. The minimum absolute atomic E-state index is 0.0152. The molecule has 2 bridgehead atoms. The lowest BCUT2D eigenvalue weighted by atomic mass is 9.70. The SMILES string of the molecule is CC(C)N(C(C)C)S(=O)(=O)C[C@@]12CCC(CC1=O)C2(C)C. The van der Waals surface area contributed by atoms with Crippen LogP contribution in [0, 0.1) is 16.7 Å². The molecule has 2 rings (SSSR count). The standard InChI is InChI=1S/C16H29NO3S/c1-11(2)17(12(3)4)21(19,20)10-16-8-7-13(9-14(16)18)15(16,5)6/h11-13H,7-10H2,1-6H3/t13?,16-/m0/s1. The number of nitrogens with zero attached hydrogens (tertiary/aromatic N) is 1. The average molecular weight is 315 g/mol. The molecule has 0 heterocycles. The van der Waals surface area contributed by atoms with Gasteiger partial charge in [0, 0.05) is 23.9 Å². The highest BCUT2D eigenvalue weighted by Crippen LogP contribution is 2.64. The highest BCUT2D eigenvalue weighted by molar-refractivity contribution is 7.89. The van der Waals surface area contributed by atoms with Gasteiger partial charge in [-0.3, -0.25) is 4.79 Å². The number of carbonyl (C=O) groups excluding carboxylic acids is 1. The first kappa shape index (κ1) is 16.9. The van der Waals surface area contributed by atoms with Crippen LogP contribution >= 0.6 is 0 Å². The molecule has 0 radical (unpaired) electrons. The van der Waals surface area contributed by atoms with E-state index in [4.69, 9.17) is 0 Å². The second-order valence-electron chi connectivity index (χ2n) is 7.94. The molecule has 2 aliphatic rings. The van der Waals surface area contributed by atoms with Gasteiger partial charge >= 0.3 is 0 Å². The Hall–Kier alpha value is -0.420. The maximum absolute atomic E-state index is 13.0. The third kappa shape index (κ3) is 2.37. The summed E-state index contributed by atoms with van der Waals surface area (Å²) in [7, 11) is -3.44. The van der Waals surface area contributed by atoms with Gasteiger partial charge in [0.15, 0.2) is 0 Å². The van der Waals surface area contributed by atoms with Crippen LogP contribution in [-0.2, 0) is 14.8 Å². The Bertz CT molecular complexity index is 528. The lowest BCUT2D eigenvalue weighted by molar-refractivity contribution is -0.128. The summed E-state index contributed by atoms with van der Waals surface area (Å²) < 4.78 is 27.5. The van der Waals surface area contributed by atoms with Crippen LogP contribution in [0.2, 0.25) is 0 Å². The molecule has 0 amide bonds. The molecule has 21 heavy (non-hydrogen) atoms. The van der Waals surface area contributed by atoms with Crippen molar-refractivity contribution in [1.82, 2.24) is 4.31 Å². The molecular weight excluding hydrogens is 286 g/mol. The van der Waals surface area contributed by atoms with Crippen LogP contribution in [0.15, 0.2) is 0 Å². The number of carbonyl (C=O) groups is 1. The minimum atomic E-state index is -3.44. The molecule has 2 saturated carbocycles. The zero-order valence-electron chi connectivity index (χ0n) is 14.1. The molecular formula is C16H29NO3S. The molecule has 0 aromatic carbocycles. The normalized spacial score (nSPS) is 31.9. The lowest BCUT2D eigenvalue weighted by Gasteiger charge is -2.39. The lowest BCUT2D eigenvalue weighted by Crippen LogP contribution is -2.50. The Balaban J connectivity index is 2.38. The van der Waals surface area contributed by atoms with Crippen LogP contribution in [0.5, 0.6) is 0 Å². The summed E-state index contributed by atoms with van der Waals surface area (Å²) in [6.07, 6.45) is 2.27. The first-order chi connectivity index (χ1) is 9.45. The van der Waals surface area contributed by atoms with Crippen LogP contribution < -0.4 is 0 Å². The van der Waals surface area contributed by atoms with E-state index in [1.54, 1.807) is 4.31 Å². The zero-order valence-corrected chi connectivity index (χ0v) is 15.0. The molecule has 2 atom stereocenters. The number of hydrogen-bond acceptors (Lipinski definition) is 3. The zero-order chi connectivity index (χ0) is 16.2. The monoisotopic (exact) mass is 315 g/mol. The van der Waals surface area contributed by atoms with Gasteiger partial charge in [0.2, 0.25) is 10.0 Å². The van der Waals surface area contributed by atoms with Crippen molar-refractivity contribution in [1.29, 1.82) is 0 Å². The molecule has 122 valence electrons. The van der Waals surface area contributed by atoms with Crippen LogP contribution in [0.3, 0.4) is 0 Å². The average Bonchev–Trinajstić information content (AvgIpc) is 2.60. The summed E-state index contributed by atoms with van der Waals surface area (Å²) in [5.41, 5.74) is -0.866. The Kier molecular flexibility index (Phi) is 4.08. The van der Waals surface area contributed by atoms with Crippen LogP contribution in [0.1, 0.15) is 60.8 Å². The summed E-state index contributed by atoms with van der Waals surface area (Å²) in [5, 5.41) is 0. The van der Waals surface area contributed by atoms with Crippen molar-refractivity contribution in [2.24, 2.45) is 16.7 Å². The Labute approximate surface area is 129 Å². The molecule has 2 aliphatic carbocycles. The number of Topliss-reactive ketones (excluding diaryl/α,β-unsaturated/α-hetero) is 1. The summed E-state index contributed by atoms with van der Waals surface area (Å²) in [4.78, 5) is 12.5. The van der Waals surface area contributed by atoms with E-state index < -0.39 is 15.4 Å². The molecule has 0 spiro atoms. The number of ketones is 1. The van der Waals surface area contributed by atoms with Gasteiger partial charge < -0.3 is 0 Å². The molecule has 0 aliphatic heterocycles. The third-order valence-electron chi connectivity index (χ3n) is 5.91. The van der Waals surface area contributed by atoms with Gasteiger partial charge in [-0.15, -0.1) is 0 Å². The number of sulfonamides is 1. The van der Waals surface area contributed by atoms with E-state index >= 15 is 0 Å². The summed E-state index contributed by atoms with van der Waals surface area (Å²) in [5.74, 6) is 0.505. The fraction of sp³-hybridized carbons (Fsp3) is 0.938. The van der Waals surface area contributed by atoms with E-state index in [0.717, 1.165) is 12.8 Å². The number of rotatable bonds is 5. The molecule has 0 saturated heterocycles. The number of fused-ring (bicyclic) bond motifs is 2. The maximum atomic E-state index is 13.0. The highest BCUT2D eigenvalue weighted by Gasteiger charge is 2.65. The maximum Gasteiger partial charge on any atom is 0.215 e. The summed E-state index contributed by atoms with van der Waals surface area (Å²) >= 11 is 0. The molecule has 5 heteroatoms. The van der Waals surface area contributed by atoms with Crippen molar-refractivity contribution < 1.29 is 13.2 Å². The predicted octanol–water partition coefficient (Wildman–Crippen LogP) is 2.83. The topological polar surface area (TPSA) is 54.5 Å².